The molecule has 1 atom stereocenters. The number of anilines is 2. The van der Waals surface area contributed by atoms with Crippen LogP contribution in [0.3, 0.4) is 0 Å². The number of nitrogens with two attached hydrogens (primary N) is 1. The number of nitrogen functional groups attached to an aromatic ring is 1. The number of piperazine rings is 1. The Bertz CT molecular complexity index is 584. The maximum atomic E-state index is 5.99. The van der Waals surface area contributed by atoms with Crippen molar-refractivity contribution in [2.24, 2.45) is 0 Å². The summed E-state index contributed by atoms with van der Waals surface area (Å²) < 4.78 is 0. The van der Waals surface area contributed by atoms with Crippen molar-refractivity contribution in [2.75, 3.05) is 30.3 Å². The van der Waals surface area contributed by atoms with Crippen molar-refractivity contribution >= 4 is 11.5 Å². The van der Waals surface area contributed by atoms with E-state index < -0.39 is 0 Å². The number of rotatable bonds is 3. The van der Waals surface area contributed by atoms with Gasteiger partial charge in [-0.2, -0.15) is 0 Å². The van der Waals surface area contributed by atoms with Crippen molar-refractivity contribution in [1.29, 1.82) is 0 Å². The number of nitrogens with zero attached hydrogens (tertiary/aromatic N) is 3. The predicted molar refractivity (Wildman–Crippen MR) is 87.2 cm³/mol. The van der Waals surface area contributed by atoms with Gasteiger partial charge in [-0.05, 0) is 24.6 Å². The Labute approximate surface area is 126 Å². The molecule has 110 valence electrons. The molecule has 2 heterocycles. The average Bonchev–Trinajstić information content (AvgIpc) is 2.51. The molecule has 1 aromatic heterocycles. The van der Waals surface area contributed by atoms with Crippen LogP contribution in [0.2, 0.25) is 0 Å². The Morgan fingerprint density at radius 3 is 2.67 bits per heavy atom. The summed E-state index contributed by atoms with van der Waals surface area (Å²) in [5.41, 5.74) is 8.42. The van der Waals surface area contributed by atoms with Gasteiger partial charge in [0.1, 0.15) is 5.82 Å². The van der Waals surface area contributed by atoms with Gasteiger partial charge in [-0.1, -0.05) is 30.3 Å². The topological polar surface area (TPSA) is 45.4 Å². The van der Waals surface area contributed by atoms with Gasteiger partial charge in [0.25, 0.3) is 0 Å². The van der Waals surface area contributed by atoms with Crippen molar-refractivity contribution in [3.05, 3.63) is 54.2 Å². The van der Waals surface area contributed by atoms with Gasteiger partial charge in [0, 0.05) is 38.4 Å². The third kappa shape index (κ3) is 3.16. The molecule has 1 aromatic carbocycles. The molecule has 3 rings (SSSR count). The van der Waals surface area contributed by atoms with Crippen LogP contribution in [0.5, 0.6) is 0 Å². The molecule has 1 aliphatic rings. The van der Waals surface area contributed by atoms with Gasteiger partial charge >= 0.3 is 0 Å². The van der Waals surface area contributed by atoms with Crippen LogP contribution in [0.4, 0.5) is 11.5 Å². The molecule has 4 heteroatoms. The standard InChI is InChI=1S/C17H22N4/c1-14-12-21(16-8-5-9-19-17(16)18)11-10-20(14)13-15-6-3-2-4-7-15/h2-9,14H,10-13H2,1H3,(H2,18,19). The minimum atomic E-state index is 0.499. The predicted octanol–water partition coefficient (Wildman–Crippen LogP) is 2.37. The average molecular weight is 282 g/mol. The van der Waals surface area contributed by atoms with E-state index in [4.69, 9.17) is 5.73 Å². The minimum Gasteiger partial charge on any atom is -0.382 e. The molecule has 2 N–H and O–H groups in total. The molecule has 0 amide bonds. The number of benzene rings is 1. The van der Waals surface area contributed by atoms with E-state index in [1.807, 2.05) is 6.07 Å². The van der Waals surface area contributed by atoms with E-state index in [1.165, 1.54) is 5.56 Å². The van der Waals surface area contributed by atoms with Crippen LogP contribution in [0.1, 0.15) is 12.5 Å². The van der Waals surface area contributed by atoms with Gasteiger partial charge in [0.05, 0.1) is 5.69 Å². The third-order valence-corrected chi connectivity index (χ3v) is 4.15. The summed E-state index contributed by atoms with van der Waals surface area (Å²) in [6.45, 7) is 6.32. The monoisotopic (exact) mass is 282 g/mol. The van der Waals surface area contributed by atoms with Gasteiger partial charge in [0.15, 0.2) is 0 Å². The van der Waals surface area contributed by atoms with Crippen LogP contribution in [-0.4, -0.2) is 35.6 Å². The Morgan fingerprint density at radius 2 is 1.95 bits per heavy atom. The van der Waals surface area contributed by atoms with Gasteiger partial charge in [0.2, 0.25) is 0 Å². The first kappa shape index (κ1) is 13.9. The SMILES string of the molecule is CC1CN(c2cccnc2N)CCN1Cc1ccccc1. The molecule has 21 heavy (non-hydrogen) atoms. The van der Waals surface area contributed by atoms with Crippen molar-refractivity contribution in [3.63, 3.8) is 0 Å². The summed E-state index contributed by atoms with van der Waals surface area (Å²) in [6.07, 6.45) is 1.74. The Kier molecular flexibility index (Phi) is 4.06. The van der Waals surface area contributed by atoms with E-state index >= 15 is 0 Å². The Balaban J connectivity index is 1.66. The van der Waals surface area contributed by atoms with Crippen molar-refractivity contribution in [3.8, 4) is 0 Å². The van der Waals surface area contributed by atoms with Gasteiger partial charge in [-0.3, -0.25) is 4.90 Å². The fourth-order valence-corrected chi connectivity index (χ4v) is 2.94. The number of hydrogen-bond donors (Lipinski definition) is 1. The van der Waals surface area contributed by atoms with Crippen molar-refractivity contribution in [1.82, 2.24) is 9.88 Å². The van der Waals surface area contributed by atoms with Crippen LogP contribution in [-0.2, 0) is 6.54 Å². The normalized spacial score (nSPS) is 19.7. The molecule has 1 aliphatic heterocycles. The fraction of sp³-hybridized carbons (Fsp3) is 0.353. The summed E-state index contributed by atoms with van der Waals surface area (Å²) in [5.74, 6) is 0.626. The molecule has 1 saturated heterocycles. The molecule has 2 aromatic rings. The molecule has 0 radical (unpaired) electrons. The maximum absolute atomic E-state index is 5.99. The highest BCUT2D eigenvalue weighted by Gasteiger charge is 2.24. The Hall–Kier alpha value is -2.07. The summed E-state index contributed by atoms with van der Waals surface area (Å²) in [4.78, 5) is 9.06. The first-order chi connectivity index (χ1) is 10.2. The van der Waals surface area contributed by atoms with Crippen LogP contribution < -0.4 is 10.6 Å². The summed E-state index contributed by atoms with van der Waals surface area (Å²) in [7, 11) is 0. The van der Waals surface area contributed by atoms with E-state index in [0.29, 0.717) is 11.9 Å². The number of hydrogen-bond acceptors (Lipinski definition) is 4. The summed E-state index contributed by atoms with van der Waals surface area (Å²) >= 11 is 0. The fourth-order valence-electron chi connectivity index (χ4n) is 2.94. The number of aromatic nitrogens is 1. The second kappa shape index (κ2) is 6.14. The molecule has 0 spiro atoms. The zero-order valence-electron chi connectivity index (χ0n) is 12.4. The lowest BCUT2D eigenvalue weighted by atomic mass is 10.1. The first-order valence-electron chi connectivity index (χ1n) is 7.47. The largest absolute Gasteiger partial charge is 0.382 e. The van der Waals surface area contributed by atoms with E-state index in [-0.39, 0.29) is 0 Å². The molecule has 0 saturated carbocycles. The van der Waals surface area contributed by atoms with Crippen molar-refractivity contribution < 1.29 is 0 Å². The molecular formula is C17H22N4. The smallest absolute Gasteiger partial charge is 0.146 e. The lowest BCUT2D eigenvalue weighted by molar-refractivity contribution is 0.181. The quantitative estimate of drug-likeness (QED) is 0.939. The zero-order chi connectivity index (χ0) is 14.7. The first-order valence-corrected chi connectivity index (χ1v) is 7.47. The molecule has 1 unspecified atom stereocenters. The highest BCUT2D eigenvalue weighted by molar-refractivity contribution is 5.63. The third-order valence-electron chi connectivity index (χ3n) is 4.15. The summed E-state index contributed by atoms with van der Waals surface area (Å²) in [5, 5.41) is 0. The van der Waals surface area contributed by atoms with Gasteiger partial charge in [-0.15, -0.1) is 0 Å². The van der Waals surface area contributed by atoms with Crippen LogP contribution >= 0.6 is 0 Å². The van der Waals surface area contributed by atoms with E-state index in [9.17, 15) is 0 Å². The van der Waals surface area contributed by atoms with E-state index in [0.717, 1.165) is 31.9 Å². The van der Waals surface area contributed by atoms with Crippen molar-refractivity contribution in [2.45, 2.75) is 19.5 Å². The van der Waals surface area contributed by atoms with E-state index in [2.05, 4.69) is 58.1 Å². The number of pyridine rings is 1. The second-order valence-corrected chi connectivity index (χ2v) is 5.66. The summed E-state index contributed by atoms with van der Waals surface area (Å²) in [6, 6.07) is 15.2. The lowest BCUT2D eigenvalue weighted by Crippen LogP contribution is -2.51. The Morgan fingerprint density at radius 1 is 1.14 bits per heavy atom. The minimum absolute atomic E-state index is 0.499. The van der Waals surface area contributed by atoms with Crippen LogP contribution in [0.25, 0.3) is 0 Å². The lowest BCUT2D eigenvalue weighted by Gasteiger charge is -2.41. The highest BCUT2D eigenvalue weighted by atomic mass is 15.3. The molecule has 1 fully saturated rings. The van der Waals surface area contributed by atoms with Crippen LogP contribution in [0.15, 0.2) is 48.7 Å². The molecule has 4 nitrogen and oxygen atoms in total. The van der Waals surface area contributed by atoms with Gasteiger partial charge < -0.3 is 10.6 Å². The second-order valence-electron chi connectivity index (χ2n) is 5.66. The molecular weight excluding hydrogens is 260 g/mol. The highest BCUT2D eigenvalue weighted by Crippen LogP contribution is 2.24. The maximum Gasteiger partial charge on any atom is 0.146 e. The molecule has 0 aliphatic carbocycles. The van der Waals surface area contributed by atoms with Crippen LogP contribution in [0, 0.1) is 0 Å². The molecule has 0 bridgehead atoms. The van der Waals surface area contributed by atoms with E-state index in [1.54, 1.807) is 6.20 Å². The van der Waals surface area contributed by atoms with Gasteiger partial charge in [-0.25, -0.2) is 4.98 Å². The zero-order valence-corrected chi connectivity index (χ0v) is 12.4.